The van der Waals surface area contributed by atoms with Crippen molar-refractivity contribution in [3.63, 3.8) is 0 Å². The van der Waals surface area contributed by atoms with Crippen LogP contribution in [0.4, 0.5) is 0 Å². The van der Waals surface area contributed by atoms with E-state index in [-0.39, 0.29) is 16.9 Å². The van der Waals surface area contributed by atoms with Gasteiger partial charge in [-0.25, -0.2) is 9.59 Å². The number of rotatable bonds is 2. The van der Waals surface area contributed by atoms with Gasteiger partial charge in [-0.3, -0.25) is 0 Å². The fourth-order valence-electron chi connectivity index (χ4n) is 3.04. The topological polar surface area (TPSA) is 89.9 Å². The van der Waals surface area contributed by atoms with Crippen LogP contribution in [0.3, 0.4) is 0 Å². The van der Waals surface area contributed by atoms with E-state index in [1.807, 2.05) is 0 Å². The molecule has 26 heavy (non-hydrogen) atoms. The number of aryl methyl sites for hydroxylation is 1. The van der Waals surface area contributed by atoms with Crippen molar-refractivity contribution >= 4 is 21.9 Å². The SMILES string of the molecule is COc1cccc2cc(-c3cc(=O)oc4c(C)c(O)ccc34)c(=O)oc12. The number of fused-ring (bicyclic) bond motifs is 2. The first-order valence-corrected chi connectivity index (χ1v) is 7.87. The lowest BCUT2D eigenvalue weighted by atomic mass is 10.0. The highest BCUT2D eigenvalue weighted by molar-refractivity contribution is 5.97. The molecule has 0 aliphatic carbocycles. The smallest absolute Gasteiger partial charge is 0.344 e. The van der Waals surface area contributed by atoms with Crippen LogP contribution in [0, 0.1) is 6.92 Å². The predicted molar refractivity (Wildman–Crippen MR) is 96.9 cm³/mol. The molecule has 1 N–H and O–H groups in total. The Bertz CT molecular complexity index is 1280. The number of aromatic hydroxyl groups is 1. The van der Waals surface area contributed by atoms with E-state index in [1.165, 1.54) is 19.2 Å². The fraction of sp³-hybridized carbons (Fsp3) is 0.100. The third-order valence-corrected chi connectivity index (χ3v) is 4.37. The van der Waals surface area contributed by atoms with Crippen LogP contribution in [0.5, 0.6) is 11.5 Å². The van der Waals surface area contributed by atoms with E-state index in [9.17, 15) is 14.7 Å². The first kappa shape index (κ1) is 16.0. The summed E-state index contributed by atoms with van der Waals surface area (Å²) in [7, 11) is 1.49. The zero-order chi connectivity index (χ0) is 18.4. The van der Waals surface area contributed by atoms with Gasteiger partial charge in [-0.1, -0.05) is 12.1 Å². The normalized spacial score (nSPS) is 11.2. The molecule has 2 heterocycles. The number of para-hydroxylation sites is 1. The molecule has 6 heteroatoms. The Kier molecular flexibility index (Phi) is 3.54. The number of benzene rings is 2. The Balaban J connectivity index is 2.11. The first-order chi connectivity index (χ1) is 12.5. The van der Waals surface area contributed by atoms with Crippen LogP contribution in [0.25, 0.3) is 33.1 Å². The minimum atomic E-state index is -0.619. The Morgan fingerprint density at radius 2 is 1.77 bits per heavy atom. The highest BCUT2D eigenvalue weighted by Crippen LogP contribution is 2.33. The number of hydrogen-bond acceptors (Lipinski definition) is 6. The number of methoxy groups -OCH3 is 1. The van der Waals surface area contributed by atoms with Gasteiger partial charge in [0.2, 0.25) is 0 Å². The lowest BCUT2D eigenvalue weighted by Crippen LogP contribution is -2.07. The molecule has 0 aliphatic rings. The summed E-state index contributed by atoms with van der Waals surface area (Å²) in [5.41, 5.74) is 0.397. The third kappa shape index (κ3) is 2.35. The maximum atomic E-state index is 12.6. The summed E-state index contributed by atoms with van der Waals surface area (Å²) < 4.78 is 15.9. The zero-order valence-electron chi connectivity index (χ0n) is 14.0. The van der Waals surface area contributed by atoms with E-state index in [0.29, 0.717) is 33.2 Å². The van der Waals surface area contributed by atoms with Crippen LogP contribution in [-0.2, 0) is 0 Å². The molecule has 0 bridgehead atoms. The van der Waals surface area contributed by atoms with E-state index in [4.69, 9.17) is 13.6 Å². The summed E-state index contributed by atoms with van der Waals surface area (Å²) in [5, 5.41) is 11.1. The maximum absolute atomic E-state index is 12.6. The van der Waals surface area contributed by atoms with Crippen molar-refractivity contribution in [2.45, 2.75) is 6.92 Å². The molecule has 2 aromatic heterocycles. The van der Waals surface area contributed by atoms with Crippen LogP contribution in [0.15, 0.2) is 60.9 Å². The van der Waals surface area contributed by atoms with E-state index in [1.54, 1.807) is 37.3 Å². The van der Waals surface area contributed by atoms with Gasteiger partial charge in [0.05, 0.1) is 12.7 Å². The zero-order valence-corrected chi connectivity index (χ0v) is 14.0. The molecular formula is C20H14O6. The van der Waals surface area contributed by atoms with Crippen LogP contribution in [0.1, 0.15) is 5.56 Å². The molecule has 0 radical (unpaired) electrons. The summed E-state index contributed by atoms with van der Waals surface area (Å²) in [6.07, 6.45) is 0. The summed E-state index contributed by atoms with van der Waals surface area (Å²) in [6.45, 7) is 1.64. The van der Waals surface area contributed by atoms with Crippen LogP contribution >= 0.6 is 0 Å². The second kappa shape index (κ2) is 5.77. The number of ether oxygens (including phenoxy) is 1. The fourth-order valence-corrected chi connectivity index (χ4v) is 3.04. The molecule has 0 amide bonds. The summed E-state index contributed by atoms with van der Waals surface area (Å²) in [4.78, 5) is 24.6. The van der Waals surface area contributed by atoms with Gasteiger partial charge < -0.3 is 18.7 Å². The Morgan fingerprint density at radius 1 is 0.962 bits per heavy atom. The van der Waals surface area contributed by atoms with Gasteiger partial charge in [-0.05, 0) is 31.2 Å². The molecule has 4 aromatic rings. The van der Waals surface area contributed by atoms with Crippen molar-refractivity contribution in [3.8, 4) is 22.6 Å². The highest BCUT2D eigenvalue weighted by Gasteiger charge is 2.17. The molecule has 0 saturated carbocycles. The van der Waals surface area contributed by atoms with E-state index >= 15 is 0 Å². The van der Waals surface area contributed by atoms with Crippen LogP contribution in [0.2, 0.25) is 0 Å². The molecule has 0 aliphatic heterocycles. The van der Waals surface area contributed by atoms with Gasteiger partial charge in [-0.2, -0.15) is 0 Å². The molecular weight excluding hydrogens is 336 g/mol. The minimum Gasteiger partial charge on any atom is -0.508 e. The number of hydrogen-bond donors (Lipinski definition) is 1. The van der Waals surface area contributed by atoms with Crippen molar-refractivity contribution in [1.82, 2.24) is 0 Å². The van der Waals surface area contributed by atoms with Gasteiger partial charge in [0.1, 0.15) is 11.3 Å². The van der Waals surface area contributed by atoms with Crippen molar-refractivity contribution in [3.05, 3.63) is 68.9 Å². The number of phenols is 1. The summed E-state index contributed by atoms with van der Waals surface area (Å²) >= 11 is 0. The van der Waals surface area contributed by atoms with Crippen molar-refractivity contribution in [1.29, 1.82) is 0 Å². The maximum Gasteiger partial charge on any atom is 0.344 e. The van der Waals surface area contributed by atoms with Gasteiger partial charge in [-0.15, -0.1) is 0 Å². The van der Waals surface area contributed by atoms with E-state index in [2.05, 4.69) is 0 Å². The lowest BCUT2D eigenvalue weighted by Gasteiger charge is -2.09. The molecule has 0 atom stereocenters. The predicted octanol–water partition coefficient (Wildman–Crippen LogP) is 3.59. The molecule has 4 rings (SSSR count). The third-order valence-electron chi connectivity index (χ3n) is 4.37. The monoisotopic (exact) mass is 350 g/mol. The molecule has 6 nitrogen and oxygen atoms in total. The minimum absolute atomic E-state index is 0.00748. The molecule has 0 fully saturated rings. The first-order valence-electron chi connectivity index (χ1n) is 7.87. The highest BCUT2D eigenvalue weighted by atomic mass is 16.5. The van der Waals surface area contributed by atoms with E-state index in [0.717, 1.165) is 0 Å². The van der Waals surface area contributed by atoms with Crippen molar-refractivity contribution in [2.24, 2.45) is 0 Å². The quantitative estimate of drug-likeness (QED) is 0.556. The molecule has 0 spiro atoms. The lowest BCUT2D eigenvalue weighted by molar-refractivity contribution is 0.407. The van der Waals surface area contributed by atoms with Gasteiger partial charge in [0, 0.05) is 28.0 Å². The molecule has 130 valence electrons. The van der Waals surface area contributed by atoms with Gasteiger partial charge >= 0.3 is 11.3 Å². The summed E-state index contributed by atoms with van der Waals surface area (Å²) in [6, 6.07) is 11.3. The second-order valence-corrected chi connectivity index (χ2v) is 5.89. The van der Waals surface area contributed by atoms with Gasteiger partial charge in [0.25, 0.3) is 0 Å². The Morgan fingerprint density at radius 3 is 2.54 bits per heavy atom. The molecule has 2 aromatic carbocycles. The van der Waals surface area contributed by atoms with Crippen molar-refractivity contribution in [2.75, 3.05) is 7.11 Å². The molecule has 0 unspecified atom stereocenters. The van der Waals surface area contributed by atoms with Crippen molar-refractivity contribution < 1.29 is 18.7 Å². The molecule has 0 saturated heterocycles. The largest absolute Gasteiger partial charge is 0.508 e. The van der Waals surface area contributed by atoms with E-state index < -0.39 is 11.3 Å². The van der Waals surface area contributed by atoms with Gasteiger partial charge in [0.15, 0.2) is 11.3 Å². The standard InChI is InChI=1S/C20H14O6/c1-10-15(21)7-6-12-13(9-17(22)25-18(10)12)14-8-11-4-3-5-16(24-2)19(11)26-20(14)23/h3-9,21H,1-2H3. The Hall–Kier alpha value is -3.54. The second-order valence-electron chi connectivity index (χ2n) is 5.89. The Labute approximate surface area is 146 Å². The van der Waals surface area contributed by atoms with Crippen LogP contribution in [-0.4, -0.2) is 12.2 Å². The average Bonchev–Trinajstić information content (AvgIpc) is 2.63. The van der Waals surface area contributed by atoms with Crippen LogP contribution < -0.4 is 16.0 Å². The summed E-state index contributed by atoms with van der Waals surface area (Å²) in [5.74, 6) is 0.456. The number of phenolic OH excluding ortho intramolecular Hbond substituents is 1. The average molecular weight is 350 g/mol.